The second kappa shape index (κ2) is 7.86. The number of amides is 2. The fraction of sp³-hybridized carbons (Fsp3) is 0.316. The molecule has 136 valence electrons. The molecular weight excluding hydrogens is 332 g/mol. The van der Waals surface area contributed by atoms with Crippen molar-refractivity contribution < 1.29 is 14.3 Å². The van der Waals surface area contributed by atoms with Crippen LogP contribution in [-0.2, 0) is 4.79 Å². The van der Waals surface area contributed by atoms with Crippen molar-refractivity contribution in [3.05, 3.63) is 42.1 Å². The van der Waals surface area contributed by atoms with Gasteiger partial charge in [0.15, 0.2) is 0 Å². The molecule has 2 amide bonds. The summed E-state index contributed by atoms with van der Waals surface area (Å²) in [6, 6.07) is 8.63. The topological polar surface area (TPSA) is 83.6 Å². The van der Waals surface area contributed by atoms with E-state index in [0.717, 1.165) is 25.9 Å². The van der Waals surface area contributed by atoms with Crippen molar-refractivity contribution in [3.8, 4) is 5.75 Å². The highest BCUT2D eigenvalue weighted by Gasteiger charge is 2.20. The monoisotopic (exact) mass is 354 g/mol. The highest BCUT2D eigenvalue weighted by atomic mass is 16.5. The van der Waals surface area contributed by atoms with Gasteiger partial charge in [0.1, 0.15) is 11.6 Å². The molecule has 1 fully saturated rings. The van der Waals surface area contributed by atoms with E-state index in [-0.39, 0.29) is 11.8 Å². The number of hydrogen-bond acceptors (Lipinski definition) is 5. The Morgan fingerprint density at radius 3 is 2.62 bits per heavy atom. The van der Waals surface area contributed by atoms with Crippen molar-refractivity contribution in [2.24, 2.45) is 0 Å². The maximum atomic E-state index is 12.8. The summed E-state index contributed by atoms with van der Waals surface area (Å²) in [6.07, 6.45) is 3.92. The summed E-state index contributed by atoms with van der Waals surface area (Å²) < 4.78 is 5.23. The van der Waals surface area contributed by atoms with Crippen molar-refractivity contribution in [2.45, 2.75) is 19.8 Å². The molecule has 7 nitrogen and oxygen atoms in total. The third-order valence-electron chi connectivity index (χ3n) is 4.20. The summed E-state index contributed by atoms with van der Waals surface area (Å²) in [4.78, 5) is 30.7. The van der Waals surface area contributed by atoms with Gasteiger partial charge in [-0.1, -0.05) is 0 Å². The van der Waals surface area contributed by atoms with E-state index in [1.165, 1.54) is 14.0 Å². The second-order valence-corrected chi connectivity index (χ2v) is 6.12. The Hall–Kier alpha value is -3.09. The normalized spacial score (nSPS) is 13.4. The van der Waals surface area contributed by atoms with E-state index in [2.05, 4.69) is 20.5 Å². The predicted molar refractivity (Wildman–Crippen MR) is 101 cm³/mol. The molecule has 1 aliphatic heterocycles. The Morgan fingerprint density at radius 1 is 1.15 bits per heavy atom. The third-order valence-corrected chi connectivity index (χ3v) is 4.20. The summed E-state index contributed by atoms with van der Waals surface area (Å²) in [5.41, 5.74) is 1.60. The minimum Gasteiger partial charge on any atom is -0.495 e. The number of rotatable bonds is 5. The summed E-state index contributed by atoms with van der Waals surface area (Å²) in [6.45, 7) is 3.24. The highest BCUT2D eigenvalue weighted by Crippen LogP contribution is 2.29. The third kappa shape index (κ3) is 3.93. The first kappa shape index (κ1) is 17.7. The van der Waals surface area contributed by atoms with Crippen LogP contribution >= 0.6 is 0 Å². The van der Waals surface area contributed by atoms with Crippen LogP contribution in [0.4, 0.5) is 17.2 Å². The van der Waals surface area contributed by atoms with Gasteiger partial charge in [0.05, 0.1) is 18.4 Å². The highest BCUT2D eigenvalue weighted by molar-refractivity contribution is 6.08. The molecule has 2 aromatic rings. The number of ether oxygens (including phenoxy) is 1. The molecule has 1 aromatic heterocycles. The molecule has 2 N–H and O–H groups in total. The molecule has 0 spiro atoms. The molecule has 1 saturated heterocycles. The lowest BCUT2D eigenvalue weighted by Crippen LogP contribution is -2.24. The minimum absolute atomic E-state index is 0.213. The van der Waals surface area contributed by atoms with Crippen molar-refractivity contribution in [3.63, 3.8) is 0 Å². The fourth-order valence-electron chi connectivity index (χ4n) is 3.03. The Kier molecular flexibility index (Phi) is 5.36. The smallest absolute Gasteiger partial charge is 0.259 e. The van der Waals surface area contributed by atoms with E-state index in [1.54, 1.807) is 36.5 Å². The Balaban J connectivity index is 1.83. The average Bonchev–Trinajstić information content (AvgIpc) is 3.16. The zero-order chi connectivity index (χ0) is 18.5. The van der Waals surface area contributed by atoms with Crippen LogP contribution in [-0.4, -0.2) is 37.0 Å². The van der Waals surface area contributed by atoms with Crippen LogP contribution in [0.1, 0.15) is 30.1 Å². The van der Waals surface area contributed by atoms with Crippen molar-refractivity contribution in [1.82, 2.24) is 4.98 Å². The van der Waals surface area contributed by atoms with Gasteiger partial charge >= 0.3 is 0 Å². The molecule has 2 heterocycles. The summed E-state index contributed by atoms with van der Waals surface area (Å²) in [5.74, 6) is 0.782. The van der Waals surface area contributed by atoms with Crippen LogP contribution in [0.3, 0.4) is 0 Å². The molecule has 1 aromatic carbocycles. The lowest BCUT2D eigenvalue weighted by atomic mass is 10.2. The van der Waals surface area contributed by atoms with Crippen molar-refractivity contribution >= 4 is 29.0 Å². The lowest BCUT2D eigenvalue weighted by Gasteiger charge is -2.19. The van der Waals surface area contributed by atoms with Crippen molar-refractivity contribution in [2.75, 3.05) is 35.7 Å². The SMILES string of the molecule is COc1ccc(NC(=O)c2cccnc2N2CCCC2)cc1NC(C)=O. The average molecular weight is 354 g/mol. The van der Waals surface area contributed by atoms with Gasteiger partial charge in [0, 0.05) is 31.9 Å². The molecular formula is C19H22N4O3. The summed E-state index contributed by atoms with van der Waals surface area (Å²) >= 11 is 0. The van der Waals surface area contributed by atoms with Crippen LogP contribution in [0.25, 0.3) is 0 Å². The number of benzene rings is 1. The van der Waals surface area contributed by atoms with E-state index in [4.69, 9.17) is 4.74 Å². The van der Waals surface area contributed by atoms with Gasteiger partial charge < -0.3 is 20.3 Å². The first-order chi connectivity index (χ1) is 12.6. The number of carbonyl (C=O) groups excluding carboxylic acids is 2. The molecule has 0 unspecified atom stereocenters. The molecule has 0 bridgehead atoms. The quantitative estimate of drug-likeness (QED) is 0.863. The Labute approximate surface area is 152 Å². The van der Waals surface area contributed by atoms with E-state index in [1.807, 2.05) is 0 Å². The molecule has 0 atom stereocenters. The predicted octanol–water partition coefficient (Wildman–Crippen LogP) is 2.90. The first-order valence-corrected chi connectivity index (χ1v) is 8.55. The van der Waals surface area contributed by atoms with Gasteiger partial charge in [-0.15, -0.1) is 0 Å². The Morgan fingerprint density at radius 2 is 1.92 bits per heavy atom. The summed E-state index contributed by atoms with van der Waals surface area (Å²) in [5, 5.41) is 5.57. The van der Waals surface area contributed by atoms with E-state index >= 15 is 0 Å². The molecule has 0 aliphatic carbocycles. The van der Waals surface area contributed by atoms with Gasteiger partial charge in [0.25, 0.3) is 5.91 Å². The maximum Gasteiger partial charge on any atom is 0.259 e. The standard InChI is InChI=1S/C19H22N4O3/c1-13(24)21-16-12-14(7-8-17(16)26-2)22-19(25)15-6-5-9-20-18(15)23-10-3-4-11-23/h5-9,12H,3-4,10-11H2,1-2H3,(H,21,24)(H,22,25). The number of carbonyl (C=O) groups is 2. The molecule has 0 saturated carbocycles. The fourth-order valence-corrected chi connectivity index (χ4v) is 3.03. The first-order valence-electron chi connectivity index (χ1n) is 8.55. The van der Waals surface area contributed by atoms with Gasteiger partial charge in [-0.2, -0.15) is 0 Å². The van der Waals surface area contributed by atoms with Crippen LogP contribution in [0.2, 0.25) is 0 Å². The van der Waals surface area contributed by atoms with Crippen molar-refractivity contribution in [1.29, 1.82) is 0 Å². The zero-order valence-electron chi connectivity index (χ0n) is 14.9. The van der Waals surface area contributed by atoms with E-state index in [9.17, 15) is 9.59 Å². The maximum absolute atomic E-state index is 12.8. The van der Waals surface area contributed by atoms with Gasteiger partial charge in [-0.3, -0.25) is 9.59 Å². The Bertz CT molecular complexity index is 816. The van der Waals surface area contributed by atoms with Gasteiger partial charge in [-0.05, 0) is 43.2 Å². The summed E-state index contributed by atoms with van der Waals surface area (Å²) in [7, 11) is 1.52. The lowest BCUT2D eigenvalue weighted by molar-refractivity contribution is -0.114. The van der Waals surface area contributed by atoms with E-state index in [0.29, 0.717) is 28.5 Å². The number of anilines is 3. The number of nitrogens with one attached hydrogen (secondary N) is 2. The second-order valence-electron chi connectivity index (χ2n) is 6.12. The molecule has 7 heteroatoms. The van der Waals surface area contributed by atoms with E-state index < -0.39 is 0 Å². The van der Waals surface area contributed by atoms with Gasteiger partial charge in [-0.25, -0.2) is 4.98 Å². The van der Waals surface area contributed by atoms with Crippen LogP contribution < -0.4 is 20.3 Å². The van der Waals surface area contributed by atoms with Crippen LogP contribution in [0.15, 0.2) is 36.5 Å². The molecule has 26 heavy (non-hydrogen) atoms. The van der Waals surface area contributed by atoms with Crippen LogP contribution in [0, 0.1) is 0 Å². The largest absolute Gasteiger partial charge is 0.495 e. The number of methoxy groups -OCH3 is 1. The number of nitrogens with zero attached hydrogens (tertiary/aromatic N) is 2. The number of hydrogen-bond donors (Lipinski definition) is 2. The number of aromatic nitrogens is 1. The minimum atomic E-state index is -0.237. The van der Waals surface area contributed by atoms with Crippen LogP contribution in [0.5, 0.6) is 5.75 Å². The number of pyridine rings is 1. The van der Waals surface area contributed by atoms with Gasteiger partial charge in [0.2, 0.25) is 5.91 Å². The molecule has 0 radical (unpaired) electrons. The zero-order valence-corrected chi connectivity index (χ0v) is 14.9. The molecule has 1 aliphatic rings. The molecule has 3 rings (SSSR count).